The number of rotatable bonds is 3. The Morgan fingerprint density at radius 1 is 1.23 bits per heavy atom. The first kappa shape index (κ1) is 16.3. The van der Waals surface area contributed by atoms with Gasteiger partial charge >= 0.3 is 6.09 Å². The summed E-state index contributed by atoms with van der Waals surface area (Å²) in [4.78, 5) is 15.5. The molecule has 2 heterocycles. The number of fused-ring (bicyclic) bond motifs is 2. The summed E-state index contributed by atoms with van der Waals surface area (Å²) in [7, 11) is 0. The number of phenols is 1. The highest BCUT2D eigenvalue weighted by atomic mass is 35.5. The van der Waals surface area contributed by atoms with E-state index in [0.29, 0.717) is 38.6 Å². The van der Waals surface area contributed by atoms with Gasteiger partial charge in [-0.1, -0.05) is 17.7 Å². The van der Waals surface area contributed by atoms with Crippen LogP contribution in [0.1, 0.15) is 17.2 Å². The summed E-state index contributed by atoms with van der Waals surface area (Å²) in [6.45, 7) is 0.104. The van der Waals surface area contributed by atoms with Crippen molar-refractivity contribution in [3.8, 4) is 17.2 Å². The summed E-state index contributed by atoms with van der Waals surface area (Å²) < 4.78 is 10.6. The van der Waals surface area contributed by atoms with E-state index in [0.717, 1.165) is 0 Å². The van der Waals surface area contributed by atoms with Crippen LogP contribution in [-0.2, 0) is 0 Å². The number of ether oxygens (including phenoxy) is 2. The fourth-order valence-electron chi connectivity index (χ4n) is 2.98. The molecule has 1 aliphatic heterocycles. The molecule has 132 valence electrons. The lowest BCUT2D eigenvalue weighted by molar-refractivity contribution is 0.174. The van der Waals surface area contributed by atoms with Crippen molar-refractivity contribution in [1.82, 2.24) is 10.3 Å². The summed E-state index contributed by atoms with van der Waals surface area (Å²) >= 11 is 6.33. The number of hydrogen-bond donors (Lipinski definition) is 3. The molecule has 8 heteroatoms. The topological polar surface area (TPSA) is 101 Å². The summed E-state index contributed by atoms with van der Waals surface area (Å²) in [5.74, 6) is 0.941. The zero-order valence-corrected chi connectivity index (χ0v) is 14.0. The first-order valence-corrected chi connectivity index (χ1v) is 8.07. The van der Waals surface area contributed by atoms with Crippen LogP contribution in [0.5, 0.6) is 17.2 Å². The molecule has 3 N–H and O–H groups in total. The number of amides is 1. The Hall–Kier alpha value is -3.19. The van der Waals surface area contributed by atoms with Crippen molar-refractivity contribution in [1.29, 1.82) is 0 Å². The molecule has 0 fully saturated rings. The quantitative estimate of drug-likeness (QED) is 0.648. The van der Waals surface area contributed by atoms with E-state index < -0.39 is 12.1 Å². The Balaban J connectivity index is 1.89. The van der Waals surface area contributed by atoms with Gasteiger partial charge in [0.2, 0.25) is 6.79 Å². The van der Waals surface area contributed by atoms with Gasteiger partial charge in [-0.25, -0.2) is 4.79 Å². The summed E-state index contributed by atoms with van der Waals surface area (Å²) in [5.41, 5.74) is 1.16. The van der Waals surface area contributed by atoms with Gasteiger partial charge in [-0.05, 0) is 35.9 Å². The van der Waals surface area contributed by atoms with Gasteiger partial charge in [0.05, 0.1) is 11.1 Å². The molecule has 1 atom stereocenters. The largest absolute Gasteiger partial charge is 0.505 e. The molecule has 1 unspecified atom stereocenters. The molecule has 3 aromatic rings. The Kier molecular flexibility index (Phi) is 3.93. The highest BCUT2D eigenvalue weighted by Gasteiger charge is 2.25. The molecule has 1 amide bonds. The van der Waals surface area contributed by atoms with Crippen LogP contribution in [0.2, 0.25) is 5.02 Å². The Morgan fingerprint density at radius 3 is 2.85 bits per heavy atom. The number of benzene rings is 2. The molecule has 0 radical (unpaired) electrons. The zero-order chi connectivity index (χ0) is 18.3. The maximum atomic E-state index is 11.4. The highest BCUT2D eigenvalue weighted by molar-refractivity contribution is 6.35. The number of hydrogen-bond acceptors (Lipinski definition) is 5. The van der Waals surface area contributed by atoms with Crippen LogP contribution < -0.4 is 14.8 Å². The highest BCUT2D eigenvalue weighted by Crippen LogP contribution is 2.41. The van der Waals surface area contributed by atoms with Crippen LogP contribution in [0.4, 0.5) is 4.79 Å². The maximum absolute atomic E-state index is 11.4. The van der Waals surface area contributed by atoms with Crippen molar-refractivity contribution < 1.29 is 24.5 Å². The molecule has 26 heavy (non-hydrogen) atoms. The number of aromatic hydroxyl groups is 1. The molecular formula is C18H13ClN2O5. The molecule has 0 spiro atoms. The third-order valence-corrected chi connectivity index (χ3v) is 4.47. The number of nitrogens with one attached hydrogen (secondary N) is 1. The molecule has 0 bridgehead atoms. The van der Waals surface area contributed by atoms with Crippen molar-refractivity contribution in [2.24, 2.45) is 0 Å². The minimum Gasteiger partial charge on any atom is -0.505 e. The zero-order valence-electron chi connectivity index (χ0n) is 13.3. The third-order valence-electron chi connectivity index (χ3n) is 4.15. The van der Waals surface area contributed by atoms with Gasteiger partial charge in [-0.2, -0.15) is 0 Å². The minimum absolute atomic E-state index is 0.104. The molecule has 0 saturated heterocycles. The minimum atomic E-state index is -1.25. The number of aromatic nitrogens is 1. The van der Waals surface area contributed by atoms with Crippen LogP contribution >= 0.6 is 11.6 Å². The van der Waals surface area contributed by atoms with Gasteiger partial charge in [0.1, 0.15) is 11.3 Å². The van der Waals surface area contributed by atoms with Crippen LogP contribution in [0.15, 0.2) is 42.6 Å². The average Bonchev–Trinajstić information content (AvgIpc) is 3.10. The van der Waals surface area contributed by atoms with Gasteiger partial charge in [0, 0.05) is 17.1 Å². The van der Waals surface area contributed by atoms with Crippen molar-refractivity contribution in [2.75, 3.05) is 6.79 Å². The number of carbonyl (C=O) groups is 1. The molecule has 4 rings (SSSR count). The van der Waals surface area contributed by atoms with Crippen molar-refractivity contribution >= 4 is 28.6 Å². The fourth-order valence-corrected chi connectivity index (χ4v) is 3.25. The summed E-state index contributed by atoms with van der Waals surface area (Å²) in [6, 6.07) is 9.15. The van der Waals surface area contributed by atoms with E-state index in [1.54, 1.807) is 30.3 Å². The number of nitrogens with zero attached hydrogens (tertiary/aromatic N) is 1. The first-order chi connectivity index (χ1) is 12.5. The molecule has 2 aromatic carbocycles. The van der Waals surface area contributed by atoms with Crippen LogP contribution in [-0.4, -0.2) is 28.1 Å². The van der Waals surface area contributed by atoms with E-state index in [1.807, 2.05) is 0 Å². The van der Waals surface area contributed by atoms with E-state index in [9.17, 15) is 15.0 Å². The maximum Gasteiger partial charge on any atom is 0.405 e. The Labute approximate surface area is 152 Å². The van der Waals surface area contributed by atoms with E-state index in [-0.39, 0.29) is 12.5 Å². The van der Waals surface area contributed by atoms with Gasteiger partial charge in [0.15, 0.2) is 11.5 Å². The number of halogens is 1. The predicted molar refractivity (Wildman–Crippen MR) is 94.0 cm³/mol. The molecule has 1 aliphatic rings. The Morgan fingerprint density at radius 2 is 2.04 bits per heavy atom. The van der Waals surface area contributed by atoms with Gasteiger partial charge < -0.3 is 25.0 Å². The Bertz CT molecular complexity index is 1020. The predicted octanol–water partition coefficient (Wildman–Crippen LogP) is 3.68. The summed E-state index contributed by atoms with van der Waals surface area (Å²) in [6.07, 6.45) is 0.284. The second kappa shape index (κ2) is 6.27. The van der Waals surface area contributed by atoms with Crippen molar-refractivity contribution in [3.63, 3.8) is 0 Å². The van der Waals surface area contributed by atoms with E-state index in [2.05, 4.69) is 10.3 Å². The van der Waals surface area contributed by atoms with Crippen LogP contribution in [0.25, 0.3) is 10.9 Å². The van der Waals surface area contributed by atoms with Crippen molar-refractivity contribution in [2.45, 2.75) is 6.04 Å². The average molecular weight is 373 g/mol. The lowest BCUT2D eigenvalue weighted by atomic mass is 9.96. The SMILES string of the molecule is O=C(O)NC(c1ccc2c(c1)OCO2)c1cc(Cl)c2cccnc2c1O. The second-order valence-electron chi connectivity index (χ2n) is 5.69. The second-order valence-corrected chi connectivity index (χ2v) is 6.10. The van der Waals surface area contributed by atoms with Crippen molar-refractivity contribution in [3.05, 3.63) is 58.7 Å². The van der Waals surface area contributed by atoms with Gasteiger partial charge in [-0.3, -0.25) is 4.98 Å². The lowest BCUT2D eigenvalue weighted by Gasteiger charge is -2.20. The standard InChI is InChI=1S/C18H13ClN2O5/c19-12-7-11(17(22)16-10(12)2-1-5-20-16)15(21-18(23)24)9-3-4-13-14(6-9)26-8-25-13/h1-7,15,21-22H,8H2,(H,23,24). The van der Waals surface area contributed by atoms with E-state index >= 15 is 0 Å². The smallest absolute Gasteiger partial charge is 0.405 e. The molecular weight excluding hydrogens is 360 g/mol. The van der Waals surface area contributed by atoms with Crippen LogP contribution in [0.3, 0.4) is 0 Å². The van der Waals surface area contributed by atoms with Gasteiger partial charge in [0.25, 0.3) is 0 Å². The van der Waals surface area contributed by atoms with Gasteiger partial charge in [-0.15, -0.1) is 0 Å². The number of pyridine rings is 1. The fraction of sp³-hybridized carbons (Fsp3) is 0.111. The number of carboxylic acid groups (broad SMARTS) is 1. The normalized spacial score (nSPS) is 13.6. The van der Waals surface area contributed by atoms with Crippen LogP contribution in [0, 0.1) is 0 Å². The monoisotopic (exact) mass is 372 g/mol. The lowest BCUT2D eigenvalue weighted by Crippen LogP contribution is -2.27. The van der Waals surface area contributed by atoms with E-state index in [1.165, 1.54) is 12.3 Å². The molecule has 1 aromatic heterocycles. The molecule has 0 aliphatic carbocycles. The van der Waals surface area contributed by atoms with E-state index in [4.69, 9.17) is 21.1 Å². The number of phenolic OH excluding ortho intramolecular Hbond substituents is 1. The first-order valence-electron chi connectivity index (χ1n) is 7.69. The third kappa shape index (κ3) is 2.72. The molecule has 7 nitrogen and oxygen atoms in total. The summed E-state index contributed by atoms with van der Waals surface area (Å²) in [5, 5.41) is 23.3. The molecule has 0 saturated carbocycles.